The number of hydrogen-bond acceptors (Lipinski definition) is 3. The number of benzene rings is 2. The Balaban J connectivity index is 1.87. The summed E-state index contributed by atoms with van der Waals surface area (Å²) in [7, 11) is 0. The number of nitrogens with one attached hydrogen (secondary N) is 1. The smallest absolute Gasteiger partial charge is 0.280 e. The van der Waals surface area contributed by atoms with Gasteiger partial charge in [0, 0.05) is 8.95 Å². The normalized spacial score (nSPS) is 12.1. The van der Waals surface area contributed by atoms with E-state index in [1.165, 1.54) is 0 Å². The molecule has 4 nitrogen and oxygen atoms in total. The predicted molar refractivity (Wildman–Crippen MR) is 94.1 cm³/mol. The minimum absolute atomic E-state index is 0.311. The third-order valence-corrected chi connectivity index (χ3v) is 3.75. The number of halogens is 2. The van der Waals surface area contributed by atoms with Gasteiger partial charge in [0.25, 0.3) is 5.91 Å². The molecule has 0 spiro atoms. The largest absolute Gasteiger partial charge is 0.481 e. The molecular formula is C16H14Br2N2O2. The topological polar surface area (TPSA) is 50.7 Å². The molecule has 0 fully saturated rings. The fraction of sp³-hybridized carbons (Fsp3) is 0.125. The van der Waals surface area contributed by atoms with E-state index in [1.807, 2.05) is 36.4 Å². The molecule has 2 rings (SSSR count). The molecule has 22 heavy (non-hydrogen) atoms. The van der Waals surface area contributed by atoms with E-state index in [4.69, 9.17) is 4.74 Å². The van der Waals surface area contributed by atoms with Crippen molar-refractivity contribution in [3.05, 3.63) is 63.0 Å². The minimum atomic E-state index is -0.638. The van der Waals surface area contributed by atoms with Crippen molar-refractivity contribution in [3.8, 4) is 5.75 Å². The Hall–Kier alpha value is -1.66. The quantitative estimate of drug-likeness (QED) is 0.578. The number of hydrogen-bond donors (Lipinski definition) is 1. The van der Waals surface area contributed by atoms with Gasteiger partial charge in [0.1, 0.15) is 5.75 Å². The van der Waals surface area contributed by atoms with Gasteiger partial charge in [-0.25, -0.2) is 5.43 Å². The molecule has 2 aromatic carbocycles. The van der Waals surface area contributed by atoms with Crippen LogP contribution in [0.4, 0.5) is 0 Å². The molecule has 0 heterocycles. The van der Waals surface area contributed by atoms with Crippen molar-refractivity contribution in [2.24, 2.45) is 5.10 Å². The van der Waals surface area contributed by atoms with Crippen LogP contribution in [-0.2, 0) is 4.79 Å². The number of ether oxygens (including phenoxy) is 1. The van der Waals surface area contributed by atoms with Gasteiger partial charge >= 0.3 is 0 Å². The Bertz CT molecular complexity index is 672. The Kier molecular flexibility index (Phi) is 6.15. The summed E-state index contributed by atoms with van der Waals surface area (Å²) in [6, 6.07) is 14.9. The third-order valence-electron chi connectivity index (χ3n) is 2.73. The zero-order valence-corrected chi connectivity index (χ0v) is 15.0. The summed E-state index contributed by atoms with van der Waals surface area (Å²) in [6.45, 7) is 1.67. The van der Waals surface area contributed by atoms with Gasteiger partial charge in [0.2, 0.25) is 0 Å². The third kappa shape index (κ3) is 5.27. The summed E-state index contributed by atoms with van der Waals surface area (Å²) in [5, 5.41) is 3.93. The SMILES string of the molecule is CC(Oc1ccc(Br)cc1)C(=O)N/N=C/c1cccc(Br)c1. The number of hydrazone groups is 1. The van der Waals surface area contributed by atoms with Crippen LogP contribution >= 0.6 is 31.9 Å². The molecule has 114 valence electrons. The lowest BCUT2D eigenvalue weighted by atomic mass is 10.2. The Morgan fingerprint density at radius 3 is 2.59 bits per heavy atom. The molecule has 0 aliphatic heterocycles. The summed E-state index contributed by atoms with van der Waals surface area (Å²) >= 11 is 6.72. The molecule has 0 aliphatic rings. The summed E-state index contributed by atoms with van der Waals surface area (Å²) in [6.07, 6.45) is 0.940. The van der Waals surface area contributed by atoms with Crippen LogP contribution in [0.2, 0.25) is 0 Å². The second-order valence-corrected chi connectivity index (χ2v) is 6.33. The molecule has 1 unspecified atom stereocenters. The average molecular weight is 426 g/mol. The highest BCUT2D eigenvalue weighted by Crippen LogP contribution is 2.17. The van der Waals surface area contributed by atoms with E-state index < -0.39 is 6.10 Å². The van der Waals surface area contributed by atoms with Crippen molar-refractivity contribution in [1.82, 2.24) is 5.43 Å². The molecule has 0 aliphatic carbocycles. The molecule has 0 saturated carbocycles. The van der Waals surface area contributed by atoms with Crippen molar-refractivity contribution in [2.45, 2.75) is 13.0 Å². The fourth-order valence-corrected chi connectivity index (χ4v) is 2.30. The first-order chi connectivity index (χ1) is 10.5. The minimum Gasteiger partial charge on any atom is -0.481 e. The first kappa shape index (κ1) is 16.7. The van der Waals surface area contributed by atoms with Crippen molar-refractivity contribution in [3.63, 3.8) is 0 Å². The van der Waals surface area contributed by atoms with Gasteiger partial charge in [-0.05, 0) is 48.9 Å². The number of carbonyl (C=O) groups excluding carboxylic acids is 1. The average Bonchev–Trinajstić information content (AvgIpc) is 2.49. The highest BCUT2D eigenvalue weighted by Gasteiger charge is 2.13. The molecule has 0 saturated heterocycles. The van der Waals surface area contributed by atoms with Gasteiger partial charge in [-0.1, -0.05) is 44.0 Å². The van der Waals surface area contributed by atoms with E-state index in [2.05, 4.69) is 42.4 Å². The lowest BCUT2D eigenvalue weighted by Gasteiger charge is -2.12. The first-order valence-corrected chi connectivity index (χ1v) is 8.14. The number of amides is 1. The highest BCUT2D eigenvalue weighted by atomic mass is 79.9. The zero-order chi connectivity index (χ0) is 15.9. The molecule has 0 radical (unpaired) electrons. The molecular weight excluding hydrogens is 412 g/mol. The van der Waals surface area contributed by atoms with E-state index in [0.717, 1.165) is 14.5 Å². The number of carbonyl (C=O) groups is 1. The summed E-state index contributed by atoms with van der Waals surface area (Å²) < 4.78 is 7.45. The standard InChI is InChI=1S/C16H14Br2N2O2/c1-11(22-15-7-5-13(17)6-8-15)16(21)20-19-10-12-3-2-4-14(18)9-12/h2-11H,1H3,(H,20,21)/b19-10+. The van der Waals surface area contributed by atoms with Crippen molar-refractivity contribution >= 4 is 44.0 Å². The van der Waals surface area contributed by atoms with Crippen LogP contribution in [0.3, 0.4) is 0 Å². The molecule has 1 atom stereocenters. The van der Waals surface area contributed by atoms with Crippen molar-refractivity contribution in [2.75, 3.05) is 0 Å². The van der Waals surface area contributed by atoms with Crippen LogP contribution in [0.15, 0.2) is 62.6 Å². The second kappa shape index (κ2) is 8.10. The number of nitrogens with zero attached hydrogens (tertiary/aromatic N) is 1. The van der Waals surface area contributed by atoms with Crippen LogP contribution in [0.5, 0.6) is 5.75 Å². The molecule has 1 amide bonds. The van der Waals surface area contributed by atoms with Gasteiger partial charge in [0.15, 0.2) is 6.10 Å². The van der Waals surface area contributed by atoms with E-state index in [1.54, 1.807) is 25.3 Å². The molecule has 0 aromatic heterocycles. The Morgan fingerprint density at radius 2 is 1.91 bits per heavy atom. The van der Waals surface area contributed by atoms with Gasteiger partial charge < -0.3 is 4.74 Å². The Morgan fingerprint density at radius 1 is 1.18 bits per heavy atom. The zero-order valence-electron chi connectivity index (χ0n) is 11.8. The van der Waals surface area contributed by atoms with E-state index >= 15 is 0 Å². The van der Waals surface area contributed by atoms with Crippen LogP contribution in [0.25, 0.3) is 0 Å². The lowest BCUT2D eigenvalue weighted by Crippen LogP contribution is -2.33. The molecule has 2 aromatic rings. The molecule has 1 N–H and O–H groups in total. The second-order valence-electron chi connectivity index (χ2n) is 4.50. The number of rotatable bonds is 5. The van der Waals surface area contributed by atoms with E-state index in [-0.39, 0.29) is 5.91 Å². The van der Waals surface area contributed by atoms with Crippen LogP contribution in [-0.4, -0.2) is 18.2 Å². The van der Waals surface area contributed by atoms with Crippen LogP contribution in [0.1, 0.15) is 12.5 Å². The molecule has 0 bridgehead atoms. The van der Waals surface area contributed by atoms with Crippen LogP contribution < -0.4 is 10.2 Å². The van der Waals surface area contributed by atoms with Gasteiger partial charge in [-0.15, -0.1) is 0 Å². The van der Waals surface area contributed by atoms with E-state index in [9.17, 15) is 4.79 Å². The predicted octanol–water partition coefficient (Wildman–Crippen LogP) is 4.13. The maximum atomic E-state index is 11.9. The maximum Gasteiger partial charge on any atom is 0.280 e. The maximum absolute atomic E-state index is 11.9. The van der Waals surface area contributed by atoms with Crippen LogP contribution in [0, 0.1) is 0 Å². The van der Waals surface area contributed by atoms with Crippen molar-refractivity contribution in [1.29, 1.82) is 0 Å². The highest BCUT2D eigenvalue weighted by molar-refractivity contribution is 9.10. The summed E-state index contributed by atoms with van der Waals surface area (Å²) in [5.74, 6) is 0.316. The Labute approximate surface area is 145 Å². The van der Waals surface area contributed by atoms with Crippen molar-refractivity contribution < 1.29 is 9.53 Å². The van der Waals surface area contributed by atoms with Gasteiger partial charge in [-0.2, -0.15) is 5.10 Å². The summed E-state index contributed by atoms with van der Waals surface area (Å²) in [5.41, 5.74) is 3.35. The lowest BCUT2D eigenvalue weighted by molar-refractivity contribution is -0.127. The first-order valence-electron chi connectivity index (χ1n) is 6.55. The molecule has 6 heteroatoms. The fourth-order valence-electron chi connectivity index (χ4n) is 1.62. The van der Waals surface area contributed by atoms with E-state index in [0.29, 0.717) is 5.75 Å². The van der Waals surface area contributed by atoms with Gasteiger partial charge in [0.05, 0.1) is 6.21 Å². The monoisotopic (exact) mass is 424 g/mol. The summed E-state index contributed by atoms with van der Waals surface area (Å²) in [4.78, 5) is 11.9. The van der Waals surface area contributed by atoms with Gasteiger partial charge in [-0.3, -0.25) is 4.79 Å².